The molecule has 8 heteroatoms. The van der Waals surface area contributed by atoms with Gasteiger partial charge in [-0.2, -0.15) is 0 Å². The number of hydrogen-bond acceptors (Lipinski definition) is 6. The lowest BCUT2D eigenvalue weighted by Gasteiger charge is -2.31. The van der Waals surface area contributed by atoms with Gasteiger partial charge in [-0.3, -0.25) is 9.59 Å². The Morgan fingerprint density at radius 1 is 1.34 bits per heavy atom. The predicted molar refractivity (Wildman–Crippen MR) is 114 cm³/mol. The number of likely N-dealkylation sites (tertiary alicyclic amines) is 1. The summed E-state index contributed by atoms with van der Waals surface area (Å²) in [6.07, 6.45) is 3.92. The molecule has 1 fully saturated rings. The normalized spacial score (nSPS) is 16.7. The number of aryl methyl sites for hydroxylation is 1. The van der Waals surface area contributed by atoms with E-state index in [2.05, 4.69) is 27.8 Å². The molecule has 4 rings (SSSR count). The Morgan fingerprint density at radius 3 is 3.00 bits per heavy atom. The lowest BCUT2D eigenvalue weighted by molar-refractivity contribution is -0.126. The van der Waals surface area contributed by atoms with Crippen molar-refractivity contribution in [2.45, 2.75) is 26.2 Å². The summed E-state index contributed by atoms with van der Waals surface area (Å²) in [5.41, 5.74) is 1.02. The molecule has 0 radical (unpaired) electrons. The first kappa shape index (κ1) is 19.8. The van der Waals surface area contributed by atoms with Crippen molar-refractivity contribution in [1.29, 1.82) is 0 Å². The Labute approximate surface area is 177 Å². The van der Waals surface area contributed by atoms with Gasteiger partial charge < -0.3 is 14.6 Å². The minimum Gasteiger partial charge on any atom is -0.459 e. The van der Waals surface area contributed by atoms with E-state index in [0.717, 1.165) is 34.8 Å². The summed E-state index contributed by atoms with van der Waals surface area (Å²) in [6.45, 7) is 3.71. The number of rotatable bonds is 6. The molecule has 3 aromatic rings. The Hall–Kier alpha value is -2.45. The molecule has 4 heterocycles. The Balaban J connectivity index is 1.26. The molecule has 2 amide bonds. The number of thiophene rings is 1. The average molecular weight is 430 g/mol. The van der Waals surface area contributed by atoms with Crippen molar-refractivity contribution in [2.75, 3.05) is 19.6 Å². The largest absolute Gasteiger partial charge is 0.459 e. The van der Waals surface area contributed by atoms with Crippen LogP contribution in [0.4, 0.5) is 0 Å². The van der Waals surface area contributed by atoms with E-state index >= 15 is 0 Å². The van der Waals surface area contributed by atoms with Crippen LogP contribution in [0.2, 0.25) is 0 Å². The molecule has 0 saturated carbocycles. The number of hydrogen-bond donors (Lipinski definition) is 1. The summed E-state index contributed by atoms with van der Waals surface area (Å²) >= 11 is 3.37. The number of nitrogens with zero attached hydrogens (tertiary/aromatic N) is 2. The number of thiazole rings is 1. The van der Waals surface area contributed by atoms with Crippen LogP contribution in [0, 0.1) is 12.8 Å². The van der Waals surface area contributed by atoms with Crippen molar-refractivity contribution in [3.63, 3.8) is 0 Å². The molecule has 0 spiro atoms. The number of nitrogens with one attached hydrogen (secondary N) is 1. The zero-order chi connectivity index (χ0) is 20.2. The Bertz CT molecular complexity index is 977. The molecule has 1 atom stereocenters. The Kier molecular flexibility index (Phi) is 6.10. The Morgan fingerprint density at radius 2 is 2.24 bits per heavy atom. The van der Waals surface area contributed by atoms with Crippen LogP contribution in [-0.2, 0) is 11.2 Å². The molecule has 1 aliphatic rings. The van der Waals surface area contributed by atoms with Gasteiger partial charge in [-0.25, -0.2) is 4.98 Å². The summed E-state index contributed by atoms with van der Waals surface area (Å²) < 4.78 is 5.20. The van der Waals surface area contributed by atoms with Gasteiger partial charge in [0.1, 0.15) is 0 Å². The maximum absolute atomic E-state index is 12.6. The number of carbonyl (C=O) groups is 2. The van der Waals surface area contributed by atoms with Crippen molar-refractivity contribution < 1.29 is 14.0 Å². The van der Waals surface area contributed by atoms with E-state index in [-0.39, 0.29) is 17.7 Å². The number of aromatic nitrogens is 1. The minimum absolute atomic E-state index is 0.0221. The molecule has 0 aromatic carbocycles. The van der Waals surface area contributed by atoms with Crippen LogP contribution in [0.25, 0.3) is 10.6 Å². The van der Waals surface area contributed by atoms with E-state index in [1.54, 1.807) is 39.7 Å². The fourth-order valence-corrected chi connectivity index (χ4v) is 5.17. The molecule has 29 heavy (non-hydrogen) atoms. The average Bonchev–Trinajstić information content (AvgIpc) is 3.49. The molecule has 0 aliphatic carbocycles. The van der Waals surface area contributed by atoms with Crippen LogP contribution >= 0.6 is 22.7 Å². The number of amides is 2. The van der Waals surface area contributed by atoms with Crippen LogP contribution < -0.4 is 5.32 Å². The molecular weight excluding hydrogens is 406 g/mol. The van der Waals surface area contributed by atoms with Crippen LogP contribution in [0.1, 0.15) is 33.3 Å². The standard InChI is InChI=1S/C21H23N3O3S2/c1-14-23-17(13-28-14)19-7-6-16(29-19)8-9-22-20(25)15-4-2-10-24(12-15)21(26)18-5-3-11-27-18/h3,5-7,11,13,15H,2,4,8-10,12H2,1H3,(H,22,25)/t15-/m0/s1. The highest BCUT2D eigenvalue weighted by molar-refractivity contribution is 7.16. The molecule has 1 saturated heterocycles. The topological polar surface area (TPSA) is 75.4 Å². The second kappa shape index (κ2) is 8.92. The van der Waals surface area contributed by atoms with Gasteiger partial charge in [-0.1, -0.05) is 0 Å². The first-order valence-corrected chi connectivity index (χ1v) is 11.4. The van der Waals surface area contributed by atoms with Crippen LogP contribution in [0.15, 0.2) is 40.3 Å². The third kappa shape index (κ3) is 4.76. The fourth-order valence-electron chi connectivity index (χ4n) is 3.51. The quantitative estimate of drug-likeness (QED) is 0.643. The van der Waals surface area contributed by atoms with Crippen molar-refractivity contribution >= 4 is 34.5 Å². The van der Waals surface area contributed by atoms with Crippen molar-refractivity contribution in [3.05, 3.63) is 51.6 Å². The lowest BCUT2D eigenvalue weighted by atomic mass is 9.97. The van der Waals surface area contributed by atoms with E-state index in [4.69, 9.17) is 4.42 Å². The molecule has 3 aromatic heterocycles. The van der Waals surface area contributed by atoms with Gasteiger partial charge in [-0.05, 0) is 50.5 Å². The van der Waals surface area contributed by atoms with Gasteiger partial charge in [0, 0.05) is 29.9 Å². The minimum atomic E-state index is -0.167. The summed E-state index contributed by atoms with van der Waals surface area (Å²) in [5, 5.41) is 6.18. The van der Waals surface area contributed by atoms with Gasteiger partial charge in [0.05, 0.1) is 27.8 Å². The van der Waals surface area contributed by atoms with Gasteiger partial charge in [0.25, 0.3) is 5.91 Å². The number of piperidine rings is 1. The van der Waals surface area contributed by atoms with Crippen LogP contribution in [-0.4, -0.2) is 41.3 Å². The summed E-state index contributed by atoms with van der Waals surface area (Å²) in [5.74, 6) is 0.0409. The summed E-state index contributed by atoms with van der Waals surface area (Å²) in [4.78, 5) is 33.7. The van der Waals surface area contributed by atoms with E-state index in [9.17, 15) is 9.59 Å². The first-order chi connectivity index (χ1) is 14.1. The van der Waals surface area contributed by atoms with E-state index < -0.39 is 0 Å². The van der Waals surface area contributed by atoms with Gasteiger partial charge in [0.15, 0.2) is 5.76 Å². The predicted octanol–water partition coefficient (Wildman–Crippen LogP) is 3.98. The molecule has 6 nitrogen and oxygen atoms in total. The highest BCUT2D eigenvalue weighted by Gasteiger charge is 2.29. The third-order valence-electron chi connectivity index (χ3n) is 5.02. The SMILES string of the molecule is Cc1nc(-c2ccc(CCNC(=O)[C@H]3CCCN(C(=O)c4ccco4)C3)s2)cs1. The molecule has 152 valence electrons. The second-order valence-corrected chi connectivity index (χ2v) is 9.36. The lowest BCUT2D eigenvalue weighted by Crippen LogP contribution is -2.45. The molecule has 0 unspecified atom stereocenters. The molecular formula is C21H23N3O3S2. The first-order valence-electron chi connectivity index (χ1n) is 9.72. The molecule has 0 bridgehead atoms. The van der Waals surface area contributed by atoms with Gasteiger partial charge in [0.2, 0.25) is 5.91 Å². The third-order valence-corrected chi connectivity index (χ3v) is 6.96. The van der Waals surface area contributed by atoms with E-state index in [0.29, 0.717) is 25.4 Å². The molecule has 1 N–H and O–H groups in total. The summed E-state index contributed by atoms with van der Waals surface area (Å²) in [7, 11) is 0. The van der Waals surface area contributed by atoms with Crippen LogP contribution in [0.5, 0.6) is 0 Å². The zero-order valence-electron chi connectivity index (χ0n) is 16.2. The number of furan rings is 1. The van der Waals surface area contributed by atoms with Gasteiger partial charge in [-0.15, -0.1) is 22.7 Å². The second-order valence-electron chi connectivity index (χ2n) is 7.13. The zero-order valence-corrected chi connectivity index (χ0v) is 17.9. The van der Waals surface area contributed by atoms with Crippen LogP contribution in [0.3, 0.4) is 0 Å². The van der Waals surface area contributed by atoms with Crippen molar-refractivity contribution in [1.82, 2.24) is 15.2 Å². The van der Waals surface area contributed by atoms with Crippen molar-refractivity contribution in [2.24, 2.45) is 5.92 Å². The van der Waals surface area contributed by atoms with E-state index in [1.165, 1.54) is 11.1 Å². The smallest absolute Gasteiger partial charge is 0.289 e. The fraction of sp³-hybridized carbons (Fsp3) is 0.381. The highest BCUT2D eigenvalue weighted by atomic mass is 32.1. The maximum atomic E-state index is 12.6. The number of carbonyl (C=O) groups excluding carboxylic acids is 2. The maximum Gasteiger partial charge on any atom is 0.289 e. The molecule has 1 aliphatic heterocycles. The van der Waals surface area contributed by atoms with Gasteiger partial charge >= 0.3 is 0 Å². The summed E-state index contributed by atoms with van der Waals surface area (Å²) in [6, 6.07) is 7.56. The van der Waals surface area contributed by atoms with Crippen molar-refractivity contribution in [3.8, 4) is 10.6 Å². The highest BCUT2D eigenvalue weighted by Crippen LogP contribution is 2.29. The monoisotopic (exact) mass is 429 g/mol. The van der Waals surface area contributed by atoms with E-state index in [1.807, 2.05) is 6.92 Å².